The summed E-state index contributed by atoms with van der Waals surface area (Å²) in [5, 5.41) is 9.14. The molecular weight excluding hydrogens is 458 g/mol. The highest BCUT2D eigenvalue weighted by molar-refractivity contribution is 5.72. The molecule has 0 bridgehead atoms. The highest BCUT2D eigenvalue weighted by Crippen LogP contribution is 2.32. The zero-order valence-corrected chi connectivity index (χ0v) is 24.6. The SMILES string of the molecule is C=C(OOCC)C(C)(C)CCCCCCCCCCC(C)(C)CC(=O)O[C@H](CC(=O)O)C[N+](C)(C)C. The molecule has 0 aromatic carbocycles. The lowest BCUT2D eigenvalue weighted by Gasteiger charge is -2.29. The second-order valence-electron chi connectivity index (χ2n) is 12.6. The molecule has 1 atom stereocenters. The first-order chi connectivity index (χ1) is 16.6. The van der Waals surface area contributed by atoms with E-state index < -0.39 is 12.1 Å². The highest BCUT2D eigenvalue weighted by Gasteiger charge is 2.28. The summed E-state index contributed by atoms with van der Waals surface area (Å²) in [5.41, 5.74) is -0.221. The fourth-order valence-corrected chi connectivity index (χ4v) is 4.27. The molecule has 212 valence electrons. The van der Waals surface area contributed by atoms with Crippen LogP contribution >= 0.6 is 0 Å². The Morgan fingerprint density at radius 3 is 1.86 bits per heavy atom. The molecule has 0 spiro atoms. The maximum absolute atomic E-state index is 12.5. The Morgan fingerprint density at radius 1 is 0.889 bits per heavy atom. The summed E-state index contributed by atoms with van der Waals surface area (Å²) < 4.78 is 6.11. The van der Waals surface area contributed by atoms with Gasteiger partial charge >= 0.3 is 11.9 Å². The Kier molecular flexibility index (Phi) is 16.3. The van der Waals surface area contributed by atoms with E-state index in [2.05, 4.69) is 34.3 Å². The third-order valence-electron chi connectivity index (χ3n) is 6.51. The van der Waals surface area contributed by atoms with Gasteiger partial charge in [-0.05, 0) is 25.2 Å². The van der Waals surface area contributed by atoms with Crippen molar-refractivity contribution in [2.75, 3.05) is 34.3 Å². The first-order valence-corrected chi connectivity index (χ1v) is 13.8. The lowest BCUT2D eigenvalue weighted by Crippen LogP contribution is -2.44. The van der Waals surface area contributed by atoms with Crippen LogP contribution in [0.2, 0.25) is 0 Å². The molecule has 0 radical (unpaired) electrons. The van der Waals surface area contributed by atoms with Gasteiger partial charge in [0.1, 0.15) is 12.3 Å². The van der Waals surface area contributed by atoms with E-state index in [4.69, 9.17) is 19.6 Å². The van der Waals surface area contributed by atoms with Crippen LogP contribution < -0.4 is 0 Å². The van der Waals surface area contributed by atoms with Gasteiger partial charge in [0, 0.05) is 5.41 Å². The topological polar surface area (TPSA) is 82.1 Å². The first kappa shape index (κ1) is 34.4. The molecule has 0 saturated heterocycles. The number of quaternary nitrogens is 1. The van der Waals surface area contributed by atoms with Crippen LogP contribution in [0.3, 0.4) is 0 Å². The van der Waals surface area contributed by atoms with Gasteiger partial charge in [0.05, 0.1) is 40.6 Å². The Labute approximate surface area is 221 Å². The normalized spacial score (nSPS) is 13.3. The molecule has 1 N–H and O–H groups in total. The monoisotopic (exact) mass is 514 g/mol. The minimum Gasteiger partial charge on any atom is -0.481 e. The molecule has 36 heavy (non-hydrogen) atoms. The number of nitrogens with zero attached hydrogens (tertiary/aromatic N) is 1. The molecule has 0 saturated carbocycles. The van der Waals surface area contributed by atoms with Crippen LogP contribution in [-0.4, -0.2) is 61.9 Å². The Hall–Kier alpha value is -1.60. The molecule has 7 nitrogen and oxygen atoms in total. The third kappa shape index (κ3) is 18.6. The number of carboxylic acids is 1. The predicted octanol–water partition coefficient (Wildman–Crippen LogP) is 6.90. The predicted molar refractivity (Wildman–Crippen MR) is 145 cm³/mol. The number of ether oxygens (including phenoxy) is 1. The summed E-state index contributed by atoms with van der Waals surface area (Å²) in [6.07, 6.45) is 11.2. The van der Waals surface area contributed by atoms with Gasteiger partial charge in [-0.1, -0.05) is 85.6 Å². The standard InChI is InChI=1S/C29H55NO6/c1-10-34-36-24(2)29(5,6)20-18-16-14-12-11-13-15-17-19-28(3,4)22-27(33)35-25(21-26(31)32)23-30(7,8)9/h25H,2,10-23H2,1,3-9H3/p+1/t25-/m1/s1. The Morgan fingerprint density at radius 2 is 1.39 bits per heavy atom. The zero-order chi connectivity index (χ0) is 27.8. The van der Waals surface area contributed by atoms with Gasteiger partial charge in [-0.2, -0.15) is 4.89 Å². The molecule has 0 aliphatic carbocycles. The van der Waals surface area contributed by atoms with Crippen molar-refractivity contribution in [2.45, 2.75) is 118 Å². The number of allylic oxidation sites excluding steroid dienone is 1. The summed E-state index contributed by atoms with van der Waals surface area (Å²) in [6, 6.07) is 0. The third-order valence-corrected chi connectivity index (χ3v) is 6.51. The van der Waals surface area contributed by atoms with Crippen LogP contribution in [0.25, 0.3) is 0 Å². The van der Waals surface area contributed by atoms with Crippen LogP contribution in [0.1, 0.15) is 112 Å². The molecule has 0 heterocycles. The van der Waals surface area contributed by atoms with Crippen molar-refractivity contribution in [1.82, 2.24) is 0 Å². The number of aliphatic carboxylic acids is 1. The summed E-state index contributed by atoms with van der Waals surface area (Å²) in [4.78, 5) is 33.9. The first-order valence-electron chi connectivity index (χ1n) is 13.8. The molecule has 0 fully saturated rings. The van der Waals surface area contributed by atoms with Crippen molar-refractivity contribution >= 4 is 11.9 Å². The lowest BCUT2D eigenvalue weighted by atomic mass is 9.83. The molecule has 0 unspecified atom stereocenters. The van der Waals surface area contributed by atoms with Crippen LogP contribution in [0, 0.1) is 10.8 Å². The Balaban J connectivity index is 4.05. The van der Waals surface area contributed by atoms with E-state index in [1.165, 1.54) is 38.5 Å². The van der Waals surface area contributed by atoms with E-state index in [-0.39, 0.29) is 23.2 Å². The molecule has 0 amide bonds. The van der Waals surface area contributed by atoms with Crippen LogP contribution in [-0.2, 0) is 24.1 Å². The molecule has 0 aromatic rings. The minimum atomic E-state index is -0.942. The molecule has 0 aliphatic rings. The van der Waals surface area contributed by atoms with E-state index in [0.717, 1.165) is 25.7 Å². The zero-order valence-electron chi connectivity index (χ0n) is 24.6. The largest absolute Gasteiger partial charge is 0.481 e. The van der Waals surface area contributed by atoms with Gasteiger partial charge in [-0.3, -0.25) is 9.59 Å². The number of hydrogen-bond acceptors (Lipinski definition) is 5. The number of likely N-dealkylation sites (N-methyl/N-ethyl adjacent to an activating group) is 1. The summed E-state index contributed by atoms with van der Waals surface area (Å²) in [7, 11) is 5.89. The fraction of sp³-hybridized carbons (Fsp3) is 0.862. The number of esters is 1. The summed E-state index contributed by atoms with van der Waals surface area (Å²) >= 11 is 0. The molecule has 0 rings (SSSR count). The molecule has 7 heteroatoms. The number of unbranched alkanes of at least 4 members (excludes halogenated alkanes) is 7. The van der Waals surface area contributed by atoms with Crippen LogP contribution in [0.4, 0.5) is 0 Å². The number of carboxylic acid groups (broad SMARTS) is 1. The van der Waals surface area contributed by atoms with Gasteiger partial charge in [0.15, 0.2) is 6.10 Å². The second kappa shape index (κ2) is 17.0. The second-order valence-corrected chi connectivity index (χ2v) is 12.6. The van der Waals surface area contributed by atoms with Crippen molar-refractivity contribution in [3.8, 4) is 0 Å². The number of carbonyl (C=O) groups is 2. The van der Waals surface area contributed by atoms with Crippen molar-refractivity contribution in [2.24, 2.45) is 10.8 Å². The average Bonchev–Trinajstić information content (AvgIpc) is 2.70. The average molecular weight is 515 g/mol. The molecule has 0 aliphatic heterocycles. The Bertz CT molecular complexity index is 651. The number of rotatable bonds is 22. The maximum Gasteiger partial charge on any atom is 0.307 e. The van der Waals surface area contributed by atoms with E-state index >= 15 is 0 Å². The van der Waals surface area contributed by atoms with Gasteiger partial charge in [0.2, 0.25) is 0 Å². The summed E-state index contributed by atoms with van der Waals surface area (Å²) in [5.74, 6) is -0.539. The lowest BCUT2D eigenvalue weighted by molar-refractivity contribution is -0.873. The molecular formula is C29H56NO6+. The van der Waals surface area contributed by atoms with E-state index in [1.54, 1.807) is 0 Å². The summed E-state index contributed by atoms with van der Waals surface area (Å²) in [6.45, 7) is 15.4. The van der Waals surface area contributed by atoms with Crippen LogP contribution in [0.5, 0.6) is 0 Å². The maximum atomic E-state index is 12.5. The minimum absolute atomic E-state index is 0.0720. The highest BCUT2D eigenvalue weighted by atomic mass is 17.2. The van der Waals surface area contributed by atoms with Gasteiger partial charge < -0.3 is 19.2 Å². The smallest absolute Gasteiger partial charge is 0.307 e. The number of hydrogen-bond donors (Lipinski definition) is 1. The van der Waals surface area contributed by atoms with Crippen molar-refractivity contribution in [3.05, 3.63) is 12.3 Å². The fourth-order valence-electron chi connectivity index (χ4n) is 4.27. The van der Waals surface area contributed by atoms with Crippen molar-refractivity contribution < 1.29 is 33.7 Å². The number of carbonyl (C=O) groups excluding carboxylic acids is 1. The van der Waals surface area contributed by atoms with Crippen molar-refractivity contribution in [3.63, 3.8) is 0 Å². The van der Waals surface area contributed by atoms with Crippen molar-refractivity contribution in [1.29, 1.82) is 0 Å². The van der Waals surface area contributed by atoms with E-state index in [9.17, 15) is 9.59 Å². The quantitative estimate of drug-likeness (QED) is 0.0422. The van der Waals surface area contributed by atoms with E-state index in [1.807, 2.05) is 28.1 Å². The van der Waals surface area contributed by atoms with Gasteiger partial charge in [-0.15, -0.1) is 0 Å². The van der Waals surface area contributed by atoms with Gasteiger partial charge in [-0.25, -0.2) is 0 Å². The van der Waals surface area contributed by atoms with E-state index in [0.29, 0.717) is 29.8 Å². The van der Waals surface area contributed by atoms with Crippen LogP contribution in [0.15, 0.2) is 12.3 Å². The van der Waals surface area contributed by atoms with Gasteiger partial charge in [0.25, 0.3) is 0 Å². The molecule has 0 aromatic heterocycles.